The number of Topliss-reactive ketones (excluding diaryl/α,β-unsaturated/α-hetero) is 1. The lowest BCUT2D eigenvalue weighted by Crippen LogP contribution is -2.45. The molecule has 0 unspecified atom stereocenters. The van der Waals surface area contributed by atoms with Gasteiger partial charge in [-0.25, -0.2) is 9.78 Å². The molecule has 152 valence electrons. The smallest absolute Gasteiger partial charge is 0.373 e. The fourth-order valence-electron chi connectivity index (χ4n) is 3.44. The molecule has 0 amide bonds. The van der Waals surface area contributed by atoms with Gasteiger partial charge in [-0.1, -0.05) is 18.5 Å². The molecule has 10 heteroatoms. The van der Waals surface area contributed by atoms with E-state index in [1.54, 1.807) is 14.0 Å². The van der Waals surface area contributed by atoms with E-state index in [-0.39, 0.29) is 41.8 Å². The largest absolute Gasteiger partial charge is 0.475 e. The Balaban J connectivity index is 1.68. The monoisotopic (exact) mass is 410 g/mol. The number of anilines is 1. The van der Waals surface area contributed by atoms with Crippen molar-refractivity contribution in [1.82, 2.24) is 15.0 Å². The SMILES string of the molecule is CCc1[nH]c(C(=O)C[C@@H]2CCN(c3nc(C)c(C(=O)O)o3)C[C@@H]2OC)nc1Cl. The average Bonchev–Trinajstić information content (AvgIpc) is 3.24. The third-order valence-electron chi connectivity index (χ3n) is 5.04. The quantitative estimate of drug-likeness (QED) is 0.668. The molecule has 2 aromatic heterocycles. The highest BCUT2D eigenvalue weighted by molar-refractivity contribution is 6.30. The molecule has 3 rings (SSSR count). The Bertz CT molecular complexity index is 877. The van der Waals surface area contributed by atoms with E-state index in [9.17, 15) is 9.59 Å². The van der Waals surface area contributed by atoms with Crippen molar-refractivity contribution in [3.8, 4) is 0 Å². The molecule has 2 atom stereocenters. The minimum Gasteiger partial charge on any atom is -0.475 e. The van der Waals surface area contributed by atoms with Gasteiger partial charge < -0.3 is 24.1 Å². The van der Waals surface area contributed by atoms with Crippen molar-refractivity contribution >= 4 is 29.4 Å². The summed E-state index contributed by atoms with van der Waals surface area (Å²) in [6, 6.07) is 0.257. The summed E-state index contributed by atoms with van der Waals surface area (Å²) < 4.78 is 11.0. The first-order chi connectivity index (χ1) is 13.3. The first kappa shape index (κ1) is 20.3. The van der Waals surface area contributed by atoms with Gasteiger partial charge >= 0.3 is 5.97 Å². The van der Waals surface area contributed by atoms with Crippen molar-refractivity contribution in [2.45, 2.75) is 39.2 Å². The maximum absolute atomic E-state index is 12.6. The standard InChI is InChI=1S/C18H23ClN4O5/c1-4-11-15(19)22-16(21-11)12(24)7-10-5-6-23(8-13(10)27-3)18-20-9(2)14(28-18)17(25)26/h10,13H,4-8H2,1-3H3,(H,21,22)(H,25,26)/t10-,13-/m0/s1. The van der Waals surface area contributed by atoms with E-state index in [1.807, 2.05) is 11.8 Å². The van der Waals surface area contributed by atoms with E-state index in [1.165, 1.54) is 0 Å². The highest BCUT2D eigenvalue weighted by Gasteiger charge is 2.34. The van der Waals surface area contributed by atoms with Crippen LogP contribution in [0.4, 0.5) is 6.01 Å². The van der Waals surface area contributed by atoms with Gasteiger partial charge in [0.25, 0.3) is 6.01 Å². The van der Waals surface area contributed by atoms with Crippen LogP contribution < -0.4 is 4.90 Å². The van der Waals surface area contributed by atoms with Crippen molar-refractivity contribution in [2.75, 3.05) is 25.1 Å². The van der Waals surface area contributed by atoms with Crippen LogP contribution in [0.3, 0.4) is 0 Å². The highest BCUT2D eigenvalue weighted by Crippen LogP contribution is 2.29. The second-order valence-corrected chi connectivity index (χ2v) is 7.18. The Morgan fingerprint density at radius 2 is 2.18 bits per heavy atom. The zero-order valence-corrected chi connectivity index (χ0v) is 16.7. The maximum Gasteiger partial charge on any atom is 0.373 e. The summed E-state index contributed by atoms with van der Waals surface area (Å²) in [6.45, 7) is 4.56. The van der Waals surface area contributed by atoms with Gasteiger partial charge in [-0.15, -0.1) is 0 Å². The molecule has 9 nitrogen and oxygen atoms in total. The second-order valence-electron chi connectivity index (χ2n) is 6.82. The number of piperidine rings is 1. The number of hydrogen-bond donors (Lipinski definition) is 2. The summed E-state index contributed by atoms with van der Waals surface area (Å²) >= 11 is 6.03. The fourth-order valence-corrected chi connectivity index (χ4v) is 3.71. The Morgan fingerprint density at radius 1 is 1.43 bits per heavy atom. The van der Waals surface area contributed by atoms with Crippen LogP contribution in [0.2, 0.25) is 5.15 Å². The Morgan fingerprint density at radius 3 is 2.75 bits per heavy atom. The van der Waals surface area contributed by atoms with Crippen LogP contribution in [0.15, 0.2) is 4.42 Å². The Kier molecular flexibility index (Phi) is 6.04. The second kappa shape index (κ2) is 8.32. The number of imidazole rings is 1. The van der Waals surface area contributed by atoms with Gasteiger partial charge in [0.15, 0.2) is 16.8 Å². The van der Waals surface area contributed by atoms with E-state index in [0.29, 0.717) is 36.8 Å². The van der Waals surface area contributed by atoms with E-state index in [4.69, 9.17) is 25.9 Å². The molecular formula is C18H23ClN4O5. The number of hydrogen-bond acceptors (Lipinski definition) is 7. The van der Waals surface area contributed by atoms with Crippen molar-refractivity contribution in [3.05, 3.63) is 28.1 Å². The van der Waals surface area contributed by atoms with Crippen LogP contribution in [-0.2, 0) is 11.2 Å². The molecule has 2 aromatic rings. The minimum absolute atomic E-state index is 0.00212. The number of nitrogens with one attached hydrogen (secondary N) is 1. The van der Waals surface area contributed by atoms with E-state index < -0.39 is 5.97 Å². The van der Waals surface area contributed by atoms with Gasteiger partial charge in [-0.05, 0) is 25.7 Å². The summed E-state index contributed by atoms with van der Waals surface area (Å²) in [5, 5.41) is 9.46. The first-order valence-corrected chi connectivity index (χ1v) is 9.47. The number of ether oxygens (including phenoxy) is 1. The minimum atomic E-state index is -1.15. The van der Waals surface area contributed by atoms with Gasteiger partial charge in [-0.2, -0.15) is 4.98 Å². The molecule has 3 heterocycles. The number of carbonyl (C=O) groups is 2. The van der Waals surface area contributed by atoms with Crippen LogP contribution in [0.5, 0.6) is 0 Å². The van der Waals surface area contributed by atoms with Gasteiger partial charge in [0, 0.05) is 26.6 Å². The zero-order valence-electron chi connectivity index (χ0n) is 16.0. The van der Waals surface area contributed by atoms with Crippen molar-refractivity contribution < 1.29 is 23.8 Å². The molecule has 1 fully saturated rings. The van der Waals surface area contributed by atoms with Crippen molar-refractivity contribution in [3.63, 3.8) is 0 Å². The third-order valence-corrected chi connectivity index (χ3v) is 5.35. The van der Waals surface area contributed by atoms with E-state index in [0.717, 1.165) is 5.69 Å². The Labute approximate surface area is 167 Å². The molecule has 2 N–H and O–H groups in total. The summed E-state index contributed by atoms with van der Waals surface area (Å²) in [4.78, 5) is 36.9. The van der Waals surface area contributed by atoms with Crippen LogP contribution in [-0.4, -0.2) is 58.1 Å². The molecule has 0 bridgehead atoms. The molecule has 0 spiro atoms. The predicted octanol–water partition coefficient (Wildman–Crippen LogP) is 2.73. The van der Waals surface area contributed by atoms with Crippen molar-refractivity contribution in [1.29, 1.82) is 0 Å². The normalized spacial score (nSPS) is 19.8. The number of aromatic carboxylic acids is 1. The number of aromatic nitrogens is 3. The topological polar surface area (TPSA) is 122 Å². The summed E-state index contributed by atoms with van der Waals surface area (Å²) in [6.07, 6.45) is 1.40. The number of methoxy groups -OCH3 is 1. The van der Waals surface area contributed by atoms with Crippen LogP contribution in [0, 0.1) is 12.8 Å². The van der Waals surface area contributed by atoms with Crippen LogP contribution in [0.25, 0.3) is 0 Å². The number of carbonyl (C=O) groups excluding carboxylic acids is 1. The average molecular weight is 411 g/mol. The maximum atomic E-state index is 12.6. The van der Waals surface area contributed by atoms with E-state index >= 15 is 0 Å². The van der Waals surface area contributed by atoms with Crippen LogP contribution in [0.1, 0.15) is 52.3 Å². The highest BCUT2D eigenvalue weighted by atomic mass is 35.5. The lowest BCUT2D eigenvalue weighted by atomic mass is 9.89. The summed E-state index contributed by atoms with van der Waals surface area (Å²) in [5.41, 5.74) is 1.08. The number of ketones is 1. The summed E-state index contributed by atoms with van der Waals surface area (Å²) in [7, 11) is 1.59. The molecule has 0 aromatic carbocycles. The molecule has 1 aliphatic rings. The number of aromatic amines is 1. The molecule has 1 aliphatic heterocycles. The molecule has 0 aliphatic carbocycles. The number of rotatable bonds is 7. The first-order valence-electron chi connectivity index (χ1n) is 9.10. The lowest BCUT2D eigenvalue weighted by molar-refractivity contribution is 0.0362. The molecule has 28 heavy (non-hydrogen) atoms. The molecule has 1 saturated heterocycles. The number of aryl methyl sites for hydroxylation is 2. The molecular weight excluding hydrogens is 388 g/mol. The third kappa shape index (κ3) is 4.05. The molecule has 0 saturated carbocycles. The molecule has 0 radical (unpaired) electrons. The number of halogens is 1. The van der Waals surface area contributed by atoms with Gasteiger partial charge in [0.05, 0.1) is 17.5 Å². The number of H-pyrrole nitrogens is 1. The van der Waals surface area contributed by atoms with Gasteiger partial charge in [0.1, 0.15) is 0 Å². The number of oxazole rings is 1. The predicted molar refractivity (Wildman–Crippen MR) is 101 cm³/mol. The van der Waals surface area contributed by atoms with E-state index in [2.05, 4.69) is 15.0 Å². The number of carboxylic acid groups (broad SMARTS) is 1. The Hall–Kier alpha value is -2.39. The number of carboxylic acids is 1. The van der Waals surface area contributed by atoms with Crippen LogP contribution >= 0.6 is 11.6 Å². The zero-order chi connectivity index (χ0) is 20.4. The van der Waals surface area contributed by atoms with Gasteiger partial charge in [0.2, 0.25) is 5.76 Å². The van der Waals surface area contributed by atoms with Crippen molar-refractivity contribution in [2.24, 2.45) is 5.92 Å². The fraction of sp³-hybridized carbons (Fsp3) is 0.556. The van der Waals surface area contributed by atoms with Gasteiger partial charge in [-0.3, -0.25) is 4.79 Å². The number of nitrogens with zero attached hydrogens (tertiary/aromatic N) is 3. The lowest BCUT2D eigenvalue weighted by Gasteiger charge is -2.36. The summed E-state index contributed by atoms with van der Waals surface area (Å²) in [5.74, 6) is -1.15.